The van der Waals surface area contributed by atoms with Crippen LogP contribution in [0, 0.1) is 0 Å². The normalized spacial score (nSPS) is 12.6. The monoisotopic (exact) mass is 921 g/mol. The van der Waals surface area contributed by atoms with Crippen molar-refractivity contribution in [1.82, 2.24) is 0 Å². The molecule has 0 amide bonds. The Morgan fingerprint density at radius 3 is 1.00 bits per heavy atom. The molecule has 66 heavy (non-hydrogen) atoms. The summed E-state index contributed by atoms with van der Waals surface area (Å²) in [7, 11) is 0. The largest absolute Gasteiger partial charge is 0.462 e. The number of ether oxygens (including phenoxy) is 3. The van der Waals surface area contributed by atoms with Crippen molar-refractivity contribution in [3.05, 3.63) is 72.9 Å². The second-order valence-corrected chi connectivity index (χ2v) is 18.5. The molecule has 1 atom stereocenters. The van der Waals surface area contributed by atoms with E-state index < -0.39 is 6.10 Å². The Kier molecular flexibility index (Phi) is 51.9. The Hall–Kier alpha value is -3.15. The molecule has 0 radical (unpaired) electrons. The molecule has 0 bridgehead atoms. The van der Waals surface area contributed by atoms with E-state index >= 15 is 0 Å². The van der Waals surface area contributed by atoms with Crippen LogP contribution in [0.4, 0.5) is 0 Å². The van der Waals surface area contributed by atoms with Crippen molar-refractivity contribution < 1.29 is 28.6 Å². The molecule has 0 aliphatic rings. The fourth-order valence-electron chi connectivity index (χ4n) is 7.78. The standard InChI is InChI=1S/C60H104O6/c1-4-7-10-13-16-19-22-25-27-29-30-31-33-35-38-41-44-47-50-53-59(62)65-56-57(55-64-58(61)52-49-46-43-40-37-34-24-21-18-15-12-9-6-3)66-60(63)54-51-48-45-42-39-36-32-28-26-23-20-17-14-11-8-5-2/h9,12,15-16,18-19,21-22,24-25,28,32,57H,4-8,10-11,13-14,17,20,23,26-27,29-31,33-56H2,1-3H3/b12-9-,18-15-,19-16-,24-21-,25-22-,32-28-. The number of hydrogen-bond donors (Lipinski definition) is 0. The van der Waals surface area contributed by atoms with E-state index in [1.165, 1.54) is 135 Å². The number of carbonyl (C=O) groups is 3. The summed E-state index contributed by atoms with van der Waals surface area (Å²) in [5.74, 6) is -0.914. The van der Waals surface area contributed by atoms with Crippen LogP contribution in [0.3, 0.4) is 0 Å². The number of rotatable bonds is 50. The van der Waals surface area contributed by atoms with Crippen LogP contribution < -0.4 is 0 Å². The van der Waals surface area contributed by atoms with Crippen LogP contribution in [0.25, 0.3) is 0 Å². The van der Waals surface area contributed by atoms with Crippen molar-refractivity contribution in [1.29, 1.82) is 0 Å². The minimum atomic E-state index is -0.789. The Balaban J connectivity index is 4.39. The Morgan fingerprint density at radius 2 is 0.606 bits per heavy atom. The van der Waals surface area contributed by atoms with Gasteiger partial charge < -0.3 is 14.2 Å². The fourth-order valence-corrected chi connectivity index (χ4v) is 7.78. The van der Waals surface area contributed by atoms with Crippen molar-refractivity contribution >= 4 is 17.9 Å². The first-order valence-corrected chi connectivity index (χ1v) is 28.0. The predicted octanol–water partition coefficient (Wildman–Crippen LogP) is 18.6. The molecule has 0 fully saturated rings. The molecule has 0 N–H and O–H groups in total. The summed E-state index contributed by atoms with van der Waals surface area (Å²) in [4.78, 5) is 38.1. The molecule has 0 saturated carbocycles. The molecule has 1 unspecified atom stereocenters. The van der Waals surface area contributed by atoms with Gasteiger partial charge in [0.1, 0.15) is 13.2 Å². The quantitative estimate of drug-likeness (QED) is 0.0199. The molecule has 6 heteroatoms. The van der Waals surface area contributed by atoms with E-state index in [9.17, 15) is 14.4 Å². The van der Waals surface area contributed by atoms with Crippen LogP contribution in [0.1, 0.15) is 271 Å². The SMILES string of the molecule is CC\C=C/C=C\C=C/CCCCCCCC(=O)OCC(COC(=O)CCCCCCCCCCCC/C=C\C=C/CCCCC)OC(=O)CCCCCCC/C=C\CCCCCCCCC. The van der Waals surface area contributed by atoms with Crippen LogP contribution in [-0.2, 0) is 28.6 Å². The summed E-state index contributed by atoms with van der Waals surface area (Å²) >= 11 is 0. The topological polar surface area (TPSA) is 78.9 Å². The van der Waals surface area contributed by atoms with Crippen molar-refractivity contribution in [3.63, 3.8) is 0 Å². The summed E-state index contributed by atoms with van der Waals surface area (Å²) in [6.07, 6.45) is 68.9. The highest BCUT2D eigenvalue weighted by Gasteiger charge is 2.19. The van der Waals surface area contributed by atoms with Crippen LogP contribution in [0.15, 0.2) is 72.9 Å². The Labute approximate surface area is 408 Å². The Bertz CT molecular complexity index is 1240. The molecule has 0 aliphatic heterocycles. The molecule has 0 heterocycles. The molecular formula is C60H104O6. The van der Waals surface area contributed by atoms with Gasteiger partial charge in [-0.15, -0.1) is 0 Å². The first-order chi connectivity index (χ1) is 32.5. The first kappa shape index (κ1) is 62.8. The highest BCUT2D eigenvalue weighted by atomic mass is 16.6. The third-order valence-electron chi connectivity index (χ3n) is 12.0. The van der Waals surface area contributed by atoms with Crippen LogP contribution >= 0.6 is 0 Å². The lowest BCUT2D eigenvalue weighted by Gasteiger charge is -2.18. The van der Waals surface area contributed by atoms with Crippen molar-refractivity contribution in [2.75, 3.05) is 13.2 Å². The predicted molar refractivity (Wildman–Crippen MR) is 284 cm³/mol. The Morgan fingerprint density at radius 1 is 0.318 bits per heavy atom. The van der Waals surface area contributed by atoms with Crippen LogP contribution in [0.2, 0.25) is 0 Å². The molecule has 0 aromatic heterocycles. The molecule has 6 nitrogen and oxygen atoms in total. The maximum Gasteiger partial charge on any atom is 0.306 e. The van der Waals surface area contributed by atoms with Crippen molar-refractivity contribution in [3.8, 4) is 0 Å². The molecular weight excluding hydrogens is 817 g/mol. The smallest absolute Gasteiger partial charge is 0.306 e. The molecule has 0 aliphatic carbocycles. The fraction of sp³-hybridized carbons (Fsp3) is 0.750. The van der Waals surface area contributed by atoms with E-state index in [1.54, 1.807) is 0 Å². The lowest BCUT2D eigenvalue weighted by Crippen LogP contribution is -2.30. The van der Waals surface area contributed by atoms with E-state index in [0.29, 0.717) is 19.3 Å². The average Bonchev–Trinajstić information content (AvgIpc) is 3.31. The minimum Gasteiger partial charge on any atom is -0.462 e. The van der Waals surface area contributed by atoms with E-state index in [4.69, 9.17) is 14.2 Å². The van der Waals surface area contributed by atoms with E-state index in [2.05, 4.69) is 93.7 Å². The second-order valence-electron chi connectivity index (χ2n) is 18.5. The zero-order valence-corrected chi connectivity index (χ0v) is 43.4. The average molecular weight is 921 g/mol. The molecule has 380 valence electrons. The van der Waals surface area contributed by atoms with Gasteiger partial charge in [-0.3, -0.25) is 14.4 Å². The van der Waals surface area contributed by atoms with Gasteiger partial charge in [-0.2, -0.15) is 0 Å². The second kappa shape index (κ2) is 54.5. The van der Waals surface area contributed by atoms with Gasteiger partial charge in [0, 0.05) is 19.3 Å². The molecule has 0 spiro atoms. The number of hydrogen-bond acceptors (Lipinski definition) is 6. The van der Waals surface area contributed by atoms with Gasteiger partial charge in [0.25, 0.3) is 0 Å². The number of esters is 3. The number of carbonyl (C=O) groups excluding carboxylic acids is 3. The summed E-state index contributed by atoms with van der Waals surface area (Å²) in [5.41, 5.74) is 0. The highest BCUT2D eigenvalue weighted by Crippen LogP contribution is 2.15. The van der Waals surface area contributed by atoms with Gasteiger partial charge >= 0.3 is 17.9 Å². The van der Waals surface area contributed by atoms with Gasteiger partial charge in [-0.05, 0) is 89.9 Å². The van der Waals surface area contributed by atoms with Gasteiger partial charge in [-0.1, -0.05) is 235 Å². The summed E-state index contributed by atoms with van der Waals surface area (Å²) in [6.45, 7) is 6.46. The van der Waals surface area contributed by atoms with E-state index in [-0.39, 0.29) is 31.1 Å². The van der Waals surface area contributed by atoms with Crippen LogP contribution in [0.5, 0.6) is 0 Å². The van der Waals surface area contributed by atoms with Gasteiger partial charge in [0.15, 0.2) is 6.10 Å². The maximum atomic E-state index is 12.8. The van der Waals surface area contributed by atoms with Crippen LogP contribution in [-0.4, -0.2) is 37.2 Å². The zero-order valence-electron chi connectivity index (χ0n) is 43.4. The van der Waals surface area contributed by atoms with Gasteiger partial charge in [0.2, 0.25) is 0 Å². The summed E-state index contributed by atoms with van der Waals surface area (Å²) in [5, 5.41) is 0. The van der Waals surface area contributed by atoms with Crippen molar-refractivity contribution in [2.24, 2.45) is 0 Å². The minimum absolute atomic E-state index is 0.0868. The van der Waals surface area contributed by atoms with E-state index in [0.717, 1.165) is 96.3 Å². The summed E-state index contributed by atoms with van der Waals surface area (Å²) in [6, 6.07) is 0. The third-order valence-corrected chi connectivity index (χ3v) is 12.0. The first-order valence-electron chi connectivity index (χ1n) is 28.0. The van der Waals surface area contributed by atoms with Gasteiger partial charge in [-0.25, -0.2) is 0 Å². The van der Waals surface area contributed by atoms with E-state index in [1.807, 2.05) is 0 Å². The molecule has 0 aromatic rings. The molecule has 0 rings (SSSR count). The van der Waals surface area contributed by atoms with Crippen molar-refractivity contribution in [2.45, 2.75) is 277 Å². The lowest BCUT2D eigenvalue weighted by atomic mass is 10.1. The van der Waals surface area contributed by atoms with Gasteiger partial charge in [0.05, 0.1) is 0 Å². The molecule has 0 saturated heterocycles. The highest BCUT2D eigenvalue weighted by molar-refractivity contribution is 5.71. The number of unbranched alkanes of at least 4 members (excludes halogenated alkanes) is 30. The number of allylic oxidation sites excluding steroid dienone is 12. The maximum absolute atomic E-state index is 12.8. The molecule has 0 aromatic carbocycles. The lowest BCUT2D eigenvalue weighted by molar-refractivity contribution is -0.167. The summed E-state index contributed by atoms with van der Waals surface area (Å²) < 4.78 is 16.8. The third kappa shape index (κ3) is 51.8. The zero-order chi connectivity index (χ0) is 47.9.